The number of guanidine groups is 1. The molecule has 1 atom stereocenters. The Bertz CT molecular complexity index is 590. The Morgan fingerprint density at radius 1 is 1.27 bits per heavy atom. The van der Waals surface area contributed by atoms with Crippen molar-refractivity contribution in [1.82, 2.24) is 20.4 Å². The highest BCUT2D eigenvalue weighted by Gasteiger charge is 2.21. The van der Waals surface area contributed by atoms with Gasteiger partial charge < -0.3 is 20.3 Å². The second-order valence-electron chi connectivity index (χ2n) is 7.11. The first kappa shape index (κ1) is 20.5. The van der Waals surface area contributed by atoms with Gasteiger partial charge in [-0.25, -0.2) is 0 Å². The normalized spacial score (nSPS) is 19.4. The lowest BCUT2D eigenvalue weighted by molar-refractivity contribution is 0.119. The number of nitrogens with zero attached hydrogens (tertiary/aromatic N) is 3. The van der Waals surface area contributed by atoms with Gasteiger partial charge in [0.25, 0.3) is 0 Å². The van der Waals surface area contributed by atoms with Crippen molar-refractivity contribution in [2.24, 2.45) is 4.99 Å². The summed E-state index contributed by atoms with van der Waals surface area (Å²) >= 11 is 0. The summed E-state index contributed by atoms with van der Waals surface area (Å²) in [5.41, 5.74) is 2.48. The number of methoxy groups -OCH3 is 1. The summed E-state index contributed by atoms with van der Waals surface area (Å²) in [6.45, 7) is 10.0. The summed E-state index contributed by atoms with van der Waals surface area (Å²) in [4.78, 5) is 9.60. The molecule has 26 heavy (non-hydrogen) atoms. The number of aliphatic imine (C=N–C) groups is 1. The van der Waals surface area contributed by atoms with Crippen LogP contribution < -0.4 is 15.4 Å². The third-order valence-electron chi connectivity index (χ3n) is 4.91. The third kappa shape index (κ3) is 6.18. The summed E-state index contributed by atoms with van der Waals surface area (Å²) in [5, 5.41) is 6.81. The molecule has 0 radical (unpaired) electrons. The quantitative estimate of drug-likeness (QED) is 0.567. The van der Waals surface area contributed by atoms with E-state index >= 15 is 0 Å². The number of aryl methyl sites for hydroxylation is 1. The molecule has 6 nitrogen and oxygen atoms in total. The lowest BCUT2D eigenvalue weighted by Gasteiger charge is -2.36. The minimum atomic E-state index is 0.473. The number of ether oxygens (including phenoxy) is 1. The van der Waals surface area contributed by atoms with Gasteiger partial charge in [-0.2, -0.15) is 0 Å². The molecular formula is C20H35N5O. The number of nitrogens with one attached hydrogen (secondary N) is 2. The SMILES string of the molecule is CCNC(=NCC1CN(C)CCN1C)NCCc1cc(C)ccc1OC. The largest absolute Gasteiger partial charge is 0.496 e. The molecule has 0 aromatic heterocycles. The Hall–Kier alpha value is -1.79. The molecule has 1 unspecified atom stereocenters. The van der Waals surface area contributed by atoms with Crippen LogP contribution in [-0.4, -0.2) is 82.3 Å². The number of hydrogen-bond donors (Lipinski definition) is 2. The predicted octanol–water partition coefficient (Wildman–Crippen LogP) is 1.35. The van der Waals surface area contributed by atoms with Crippen molar-refractivity contribution in [3.8, 4) is 5.75 Å². The molecular weight excluding hydrogens is 326 g/mol. The van der Waals surface area contributed by atoms with Gasteiger partial charge in [0.15, 0.2) is 5.96 Å². The van der Waals surface area contributed by atoms with Crippen LogP contribution in [0, 0.1) is 6.92 Å². The molecule has 0 bridgehead atoms. The summed E-state index contributed by atoms with van der Waals surface area (Å²) in [6.07, 6.45) is 0.904. The van der Waals surface area contributed by atoms with Gasteiger partial charge in [-0.3, -0.25) is 9.89 Å². The van der Waals surface area contributed by atoms with Crippen molar-refractivity contribution in [3.05, 3.63) is 29.3 Å². The van der Waals surface area contributed by atoms with Gasteiger partial charge in [0.1, 0.15) is 5.75 Å². The topological polar surface area (TPSA) is 52.1 Å². The molecule has 1 aliphatic heterocycles. The third-order valence-corrected chi connectivity index (χ3v) is 4.91. The fourth-order valence-corrected chi connectivity index (χ4v) is 3.26. The second-order valence-corrected chi connectivity index (χ2v) is 7.11. The lowest BCUT2D eigenvalue weighted by Crippen LogP contribution is -2.51. The van der Waals surface area contributed by atoms with E-state index in [4.69, 9.17) is 9.73 Å². The fourth-order valence-electron chi connectivity index (χ4n) is 3.26. The highest BCUT2D eigenvalue weighted by atomic mass is 16.5. The Labute approximate surface area is 158 Å². The Kier molecular flexibility index (Phi) is 8.19. The van der Waals surface area contributed by atoms with Crippen LogP contribution in [0.1, 0.15) is 18.1 Å². The predicted molar refractivity (Wildman–Crippen MR) is 109 cm³/mol. The lowest BCUT2D eigenvalue weighted by atomic mass is 10.1. The van der Waals surface area contributed by atoms with Crippen LogP contribution in [0.15, 0.2) is 23.2 Å². The van der Waals surface area contributed by atoms with Gasteiger partial charge in [-0.05, 0) is 46.0 Å². The van der Waals surface area contributed by atoms with E-state index in [1.165, 1.54) is 11.1 Å². The molecule has 1 aromatic rings. The average Bonchev–Trinajstić information content (AvgIpc) is 2.62. The van der Waals surface area contributed by atoms with E-state index in [-0.39, 0.29) is 0 Å². The molecule has 0 spiro atoms. The number of benzene rings is 1. The fraction of sp³-hybridized carbons (Fsp3) is 0.650. The smallest absolute Gasteiger partial charge is 0.191 e. The van der Waals surface area contributed by atoms with Crippen LogP contribution in [0.25, 0.3) is 0 Å². The average molecular weight is 362 g/mol. The van der Waals surface area contributed by atoms with E-state index < -0.39 is 0 Å². The van der Waals surface area contributed by atoms with Gasteiger partial charge in [-0.15, -0.1) is 0 Å². The maximum Gasteiger partial charge on any atom is 0.191 e. The first-order chi connectivity index (χ1) is 12.5. The maximum absolute atomic E-state index is 5.47. The zero-order valence-corrected chi connectivity index (χ0v) is 17.0. The second kappa shape index (κ2) is 10.4. The van der Waals surface area contributed by atoms with Crippen LogP contribution in [-0.2, 0) is 6.42 Å². The maximum atomic E-state index is 5.47. The molecule has 1 aliphatic rings. The first-order valence-corrected chi connectivity index (χ1v) is 9.58. The van der Waals surface area contributed by atoms with Gasteiger partial charge in [0, 0.05) is 38.8 Å². The van der Waals surface area contributed by atoms with Crippen molar-refractivity contribution in [1.29, 1.82) is 0 Å². The molecule has 0 amide bonds. The van der Waals surface area contributed by atoms with E-state index in [2.05, 4.69) is 60.5 Å². The van der Waals surface area contributed by atoms with Crippen LogP contribution in [0.5, 0.6) is 5.75 Å². The number of likely N-dealkylation sites (N-methyl/N-ethyl adjacent to an activating group) is 2. The molecule has 146 valence electrons. The Morgan fingerprint density at radius 3 is 2.81 bits per heavy atom. The van der Waals surface area contributed by atoms with Crippen molar-refractivity contribution in [2.75, 3.05) is 60.5 Å². The molecule has 1 saturated heterocycles. The molecule has 2 rings (SSSR count). The molecule has 1 fully saturated rings. The van der Waals surface area contributed by atoms with Crippen LogP contribution in [0.3, 0.4) is 0 Å². The Balaban J connectivity index is 1.90. The van der Waals surface area contributed by atoms with Crippen LogP contribution >= 0.6 is 0 Å². The highest BCUT2D eigenvalue weighted by Crippen LogP contribution is 2.19. The van der Waals surface area contributed by atoms with Crippen molar-refractivity contribution in [3.63, 3.8) is 0 Å². The van der Waals surface area contributed by atoms with E-state index in [9.17, 15) is 0 Å². The monoisotopic (exact) mass is 361 g/mol. The zero-order valence-electron chi connectivity index (χ0n) is 17.0. The molecule has 1 heterocycles. The minimum Gasteiger partial charge on any atom is -0.496 e. The van der Waals surface area contributed by atoms with E-state index in [0.29, 0.717) is 6.04 Å². The van der Waals surface area contributed by atoms with Crippen LogP contribution in [0.4, 0.5) is 0 Å². The molecule has 0 aliphatic carbocycles. The minimum absolute atomic E-state index is 0.473. The molecule has 0 saturated carbocycles. The Morgan fingerprint density at radius 2 is 2.08 bits per heavy atom. The van der Waals surface area contributed by atoms with Gasteiger partial charge >= 0.3 is 0 Å². The number of piperazine rings is 1. The molecule has 1 aromatic carbocycles. The zero-order chi connectivity index (χ0) is 18.9. The summed E-state index contributed by atoms with van der Waals surface area (Å²) in [5.74, 6) is 1.84. The van der Waals surface area contributed by atoms with Crippen molar-refractivity contribution in [2.45, 2.75) is 26.3 Å². The van der Waals surface area contributed by atoms with Crippen molar-refractivity contribution >= 4 is 5.96 Å². The summed E-state index contributed by atoms with van der Waals surface area (Å²) in [7, 11) is 6.10. The summed E-state index contributed by atoms with van der Waals surface area (Å²) < 4.78 is 5.47. The van der Waals surface area contributed by atoms with Crippen LogP contribution in [0.2, 0.25) is 0 Å². The number of rotatable bonds is 7. The molecule has 2 N–H and O–H groups in total. The van der Waals surface area contributed by atoms with Gasteiger partial charge in [0.05, 0.1) is 13.7 Å². The van der Waals surface area contributed by atoms with Crippen molar-refractivity contribution < 1.29 is 4.74 Å². The summed E-state index contributed by atoms with van der Waals surface area (Å²) in [6, 6.07) is 6.79. The van der Waals surface area contributed by atoms with E-state index in [0.717, 1.165) is 57.4 Å². The van der Waals surface area contributed by atoms with Gasteiger partial charge in [-0.1, -0.05) is 17.7 Å². The van der Waals surface area contributed by atoms with Gasteiger partial charge in [0.2, 0.25) is 0 Å². The number of hydrogen-bond acceptors (Lipinski definition) is 4. The van der Waals surface area contributed by atoms with E-state index in [1.54, 1.807) is 7.11 Å². The standard InChI is InChI=1S/C20H35N5O/c1-6-21-20(23-14-18-15-24(3)11-12-25(18)4)22-10-9-17-13-16(2)7-8-19(17)26-5/h7-8,13,18H,6,9-12,14-15H2,1-5H3,(H2,21,22,23). The van der Waals surface area contributed by atoms with E-state index in [1.807, 2.05) is 6.07 Å². The first-order valence-electron chi connectivity index (χ1n) is 9.58. The highest BCUT2D eigenvalue weighted by molar-refractivity contribution is 5.79. The molecule has 6 heteroatoms.